The van der Waals surface area contributed by atoms with Crippen molar-refractivity contribution in [2.24, 2.45) is 0 Å². The number of furan rings is 1. The number of carbonyl (C=O) groups excluding carboxylic acids is 1. The summed E-state index contributed by atoms with van der Waals surface area (Å²) < 4.78 is 5.15. The van der Waals surface area contributed by atoms with Gasteiger partial charge in [0.25, 0.3) is 5.91 Å². The molecule has 2 aromatic rings. The van der Waals surface area contributed by atoms with Gasteiger partial charge in [-0.05, 0) is 38.5 Å². The van der Waals surface area contributed by atoms with Crippen molar-refractivity contribution in [3.05, 3.63) is 46.7 Å². The highest BCUT2D eigenvalue weighted by Crippen LogP contribution is 2.24. The monoisotopic (exact) mass is 262 g/mol. The maximum absolute atomic E-state index is 12.1. The van der Waals surface area contributed by atoms with Gasteiger partial charge in [-0.2, -0.15) is 0 Å². The first kappa shape index (κ1) is 13.4. The highest BCUT2D eigenvalue weighted by Gasteiger charge is 2.19. The number of aryl methyl sites for hydroxylation is 1. The van der Waals surface area contributed by atoms with E-state index in [0.717, 1.165) is 16.8 Å². The lowest BCUT2D eigenvalue weighted by Gasteiger charge is -2.06. The molecule has 0 spiro atoms. The predicted octanol–water partition coefficient (Wildman–Crippen LogP) is 2.21. The fraction of sp³-hybridized carbons (Fsp3) is 0.357. The van der Waals surface area contributed by atoms with E-state index in [2.05, 4.69) is 10.3 Å². The predicted molar refractivity (Wildman–Crippen MR) is 70.8 cm³/mol. The van der Waals surface area contributed by atoms with Crippen LogP contribution in [0, 0.1) is 13.8 Å². The molecule has 0 saturated heterocycles. The van der Waals surface area contributed by atoms with Crippen LogP contribution in [0.4, 0.5) is 0 Å². The molecule has 0 aliphatic carbocycles. The Kier molecular flexibility index (Phi) is 3.76. The molecule has 1 unspecified atom stereocenters. The molecule has 102 valence electrons. The summed E-state index contributed by atoms with van der Waals surface area (Å²) in [6.07, 6.45) is 0.972. The van der Waals surface area contributed by atoms with Crippen molar-refractivity contribution in [1.82, 2.24) is 10.3 Å². The molecule has 1 amide bonds. The van der Waals surface area contributed by atoms with Crippen molar-refractivity contribution in [2.45, 2.75) is 33.4 Å². The first-order valence-corrected chi connectivity index (χ1v) is 6.18. The number of aliphatic hydroxyl groups excluding tert-OH is 1. The number of hydrogen-bond acceptors (Lipinski definition) is 3. The third kappa shape index (κ3) is 2.71. The average Bonchev–Trinajstić information content (AvgIpc) is 2.94. The largest absolute Gasteiger partial charge is 0.467 e. The topological polar surface area (TPSA) is 78.3 Å². The van der Waals surface area contributed by atoms with Crippen molar-refractivity contribution in [1.29, 1.82) is 0 Å². The minimum Gasteiger partial charge on any atom is -0.467 e. The molecular weight excluding hydrogens is 244 g/mol. The first-order valence-electron chi connectivity index (χ1n) is 6.18. The molecule has 2 heterocycles. The lowest BCUT2D eigenvalue weighted by molar-refractivity contribution is 0.0943. The van der Waals surface area contributed by atoms with E-state index < -0.39 is 6.10 Å². The van der Waals surface area contributed by atoms with Crippen LogP contribution in [-0.2, 0) is 6.54 Å². The molecular formula is C14H18N2O3. The molecule has 0 aliphatic rings. The fourth-order valence-corrected chi connectivity index (χ4v) is 2.29. The number of aromatic nitrogens is 1. The molecule has 19 heavy (non-hydrogen) atoms. The van der Waals surface area contributed by atoms with E-state index in [1.54, 1.807) is 25.3 Å². The number of rotatable bonds is 4. The Balaban J connectivity index is 2.13. The molecule has 1 atom stereocenters. The second kappa shape index (κ2) is 5.32. The Morgan fingerprint density at radius 1 is 1.53 bits per heavy atom. The molecule has 0 radical (unpaired) electrons. The normalized spacial score (nSPS) is 12.4. The molecule has 2 aromatic heterocycles. The molecule has 0 aromatic carbocycles. The van der Waals surface area contributed by atoms with Gasteiger partial charge in [0.05, 0.1) is 18.9 Å². The van der Waals surface area contributed by atoms with Gasteiger partial charge < -0.3 is 19.8 Å². The maximum Gasteiger partial charge on any atom is 0.268 e. The van der Waals surface area contributed by atoms with Gasteiger partial charge in [0.15, 0.2) is 0 Å². The van der Waals surface area contributed by atoms with Crippen LogP contribution in [-0.4, -0.2) is 16.0 Å². The van der Waals surface area contributed by atoms with Crippen LogP contribution in [0.25, 0.3) is 0 Å². The fourth-order valence-electron chi connectivity index (χ4n) is 2.29. The van der Waals surface area contributed by atoms with Gasteiger partial charge in [0.1, 0.15) is 11.5 Å². The minimum absolute atomic E-state index is 0.205. The van der Waals surface area contributed by atoms with E-state index in [9.17, 15) is 9.90 Å². The van der Waals surface area contributed by atoms with Crippen molar-refractivity contribution < 1.29 is 14.3 Å². The van der Waals surface area contributed by atoms with Gasteiger partial charge in [-0.1, -0.05) is 0 Å². The zero-order chi connectivity index (χ0) is 14.0. The van der Waals surface area contributed by atoms with Gasteiger partial charge in [-0.25, -0.2) is 0 Å². The minimum atomic E-state index is -0.595. The summed E-state index contributed by atoms with van der Waals surface area (Å²) in [5, 5.41) is 12.5. The third-order valence-corrected chi connectivity index (χ3v) is 3.14. The first-order chi connectivity index (χ1) is 9.00. The van der Waals surface area contributed by atoms with Crippen molar-refractivity contribution >= 4 is 5.91 Å². The molecule has 5 nitrogen and oxygen atoms in total. The van der Waals surface area contributed by atoms with E-state index >= 15 is 0 Å². The molecule has 2 rings (SSSR count). The summed E-state index contributed by atoms with van der Waals surface area (Å²) >= 11 is 0. The van der Waals surface area contributed by atoms with E-state index in [-0.39, 0.29) is 5.91 Å². The van der Waals surface area contributed by atoms with Gasteiger partial charge in [0, 0.05) is 11.3 Å². The van der Waals surface area contributed by atoms with Gasteiger partial charge in [-0.15, -0.1) is 0 Å². The van der Waals surface area contributed by atoms with Crippen LogP contribution in [0.5, 0.6) is 0 Å². The number of hydrogen-bond donors (Lipinski definition) is 3. The summed E-state index contributed by atoms with van der Waals surface area (Å²) in [5.41, 5.74) is 2.86. The van der Waals surface area contributed by atoms with Gasteiger partial charge in [-0.3, -0.25) is 4.79 Å². The summed E-state index contributed by atoms with van der Waals surface area (Å²) in [7, 11) is 0. The Labute approximate surface area is 111 Å². The highest BCUT2D eigenvalue weighted by atomic mass is 16.3. The number of carbonyl (C=O) groups is 1. The van der Waals surface area contributed by atoms with Crippen molar-refractivity contribution in [3.63, 3.8) is 0 Å². The van der Waals surface area contributed by atoms with Crippen LogP contribution in [0.15, 0.2) is 22.8 Å². The molecule has 0 fully saturated rings. The standard InChI is InChI=1S/C14H18N2O3/c1-8-12(10(3)17)9(2)16-13(8)14(18)15-7-11-5-4-6-19-11/h4-6,10,16-17H,7H2,1-3H3,(H,15,18). The molecule has 3 N–H and O–H groups in total. The smallest absolute Gasteiger partial charge is 0.268 e. The van der Waals surface area contributed by atoms with Crippen molar-refractivity contribution in [3.8, 4) is 0 Å². The van der Waals surface area contributed by atoms with E-state index in [1.165, 1.54) is 0 Å². The Morgan fingerprint density at radius 2 is 2.26 bits per heavy atom. The highest BCUT2D eigenvalue weighted by molar-refractivity contribution is 5.94. The van der Waals surface area contributed by atoms with E-state index in [0.29, 0.717) is 18.0 Å². The summed E-state index contributed by atoms with van der Waals surface area (Å²) in [5.74, 6) is 0.494. The van der Waals surface area contributed by atoms with Crippen LogP contribution in [0.3, 0.4) is 0 Å². The number of aliphatic hydroxyl groups is 1. The summed E-state index contributed by atoms with van der Waals surface area (Å²) in [6.45, 7) is 5.70. The molecule has 0 bridgehead atoms. The maximum atomic E-state index is 12.1. The Morgan fingerprint density at radius 3 is 2.79 bits per heavy atom. The van der Waals surface area contributed by atoms with E-state index in [4.69, 9.17) is 4.42 Å². The van der Waals surface area contributed by atoms with Crippen LogP contribution in [0.2, 0.25) is 0 Å². The lowest BCUT2D eigenvalue weighted by Crippen LogP contribution is -2.23. The Bertz CT molecular complexity index is 568. The van der Waals surface area contributed by atoms with Gasteiger partial charge in [0.2, 0.25) is 0 Å². The van der Waals surface area contributed by atoms with Crippen LogP contribution < -0.4 is 5.32 Å². The zero-order valence-electron chi connectivity index (χ0n) is 11.3. The molecule has 0 aliphatic heterocycles. The molecule has 0 saturated carbocycles. The van der Waals surface area contributed by atoms with Crippen LogP contribution >= 0.6 is 0 Å². The summed E-state index contributed by atoms with van der Waals surface area (Å²) in [6, 6.07) is 3.57. The SMILES string of the molecule is Cc1[nH]c(C(=O)NCc2ccco2)c(C)c1C(C)O. The lowest BCUT2D eigenvalue weighted by atomic mass is 10.1. The Hall–Kier alpha value is -2.01. The number of aromatic amines is 1. The summed E-state index contributed by atoms with van der Waals surface area (Å²) in [4.78, 5) is 15.1. The second-order valence-corrected chi connectivity index (χ2v) is 4.60. The van der Waals surface area contributed by atoms with Crippen molar-refractivity contribution in [2.75, 3.05) is 0 Å². The third-order valence-electron chi connectivity index (χ3n) is 3.14. The second-order valence-electron chi connectivity index (χ2n) is 4.60. The molecule has 5 heteroatoms. The zero-order valence-corrected chi connectivity index (χ0v) is 11.3. The number of nitrogens with one attached hydrogen (secondary N) is 2. The quantitative estimate of drug-likeness (QED) is 0.790. The van der Waals surface area contributed by atoms with E-state index in [1.807, 2.05) is 13.8 Å². The van der Waals surface area contributed by atoms with Crippen LogP contribution in [0.1, 0.15) is 46.1 Å². The number of amides is 1. The average molecular weight is 262 g/mol. The van der Waals surface area contributed by atoms with Gasteiger partial charge >= 0.3 is 0 Å². The number of H-pyrrole nitrogens is 1.